The number of allylic oxidation sites excluding steroid dienone is 2. The molecule has 1 unspecified atom stereocenters. The van der Waals surface area contributed by atoms with Crippen LogP contribution in [0.4, 0.5) is 5.69 Å². The fraction of sp³-hybridized carbons (Fsp3) is 0.296. The second kappa shape index (κ2) is 10.5. The summed E-state index contributed by atoms with van der Waals surface area (Å²) in [5.74, 6) is -1.65. The molecular formula is C27H26Cl2N2O6. The number of nitrogens with one attached hydrogen (secondary N) is 1. The van der Waals surface area contributed by atoms with Crippen molar-refractivity contribution in [2.24, 2.45) is 11.1 Å². The van der Waals surface area contributed by atoms with Crippen LogP contribution in [0.15, 0.2) is 65.3 Å². The van der Waals surface area contributed by atoms with Crippen molar-refractivity contribution in [2.75, 3.05) is 19.0 Å². The number of hydrogen-bond acceptors (Lipinski definition) is 7. The third kappa shape index (κ3) is 5.60. The molecule has 0 saturated heterocycles. The van der Waals surface area contributed by atoms with E-state index >= 15 is 0 Å². The maximum atomic E-state index is 13.3. The maximum absolute atomic E-state index is 13.3. The number of carbonyl (C=O) groups is 3. The van der Waals surface area contributed by atoms with Crippen molar-refractivity contribution in [3.05, 3.63) is 80.9 Å². The van der Waals surface area contributed by atoms with Gasteiger partial charge in [0.15, 0.2) is 12.4 Å². The second-order valence-electron chi connectivity index (χ2n) is 9.58. The van der Waals surface area contributed by atoms with Crippen LogP contribution in [0.25, 0.3) is 0 Å². The monoisotopic (exact) mass is 544 g/mol. The molecule has 2 aromatic carbocycles. The zero-order valence-corrected chi connectivity index (χ0v) is 22.0. The fourth-order valence-electron chi connectivity index (χ4n) is 4.58. The van der Waals surface area contributed by atoms with Crippen LogP contribution in [-0.4, -0.2) is 31.4 Å². The number of carbonyl (C=O) groups excluding carboxylic acids is 3. The molecule has 0 bridgehead atoms. The summed E-state index contributed by atoms with van der Waals surface area (Å²) in [7, 11) is 1.23. The number of amides is 1. The van der Waals surface area contributed by atoms with Crippen molar-refractivity contribution < 1.29 is 28.6 Å². The largest absolute Gasteiger partial charge is 0.483 e. The van der Waals surface area contributed by atoms with E-state index in [1.165, 1.54) is 13.2 Å². The van der Waals surface area contributed by atoms with Crippen LogP contribution in [0.2, 0.25) is 10.0 Å². The Morgan fingerprint density at radius 1 is 1.16 bits per heavy atom. The Labute approximate surface area is 224 Å². The Morgan fingerprint density at radius 3 is 2.59 bits per heavy atom. The number of ether oxygens (including phenoxy) is 3. The topological polar surface area (TPSA) is 117 Å². The number of esters is 1. The lowest BCUT2D eigenvalue weighted by Gasteiger charge is -2.38. The van der Waals surface area contributed by atoms with E-state index in [2.05, 4.69) is 5.32 Å². The molecule has 3 N–H and O–H groups in total. The number of methoxy groups -OCH3 is 1. The summed E-state index contributed by atoms with van der Waals surface area (Å²) in [6.45, 7) is 3.57. The van der Waals surface area contributed by atoms with Gasteiger partial charge in [-0.25, -0.2) is 4.79 Å². The van der Waals surface area contributed by atoms with Gasteiger partial charge >= 0.3 is 5.97 Å². The van der Waals surface area contributed by atoms with Crippen LogP contribution in [0, 0.1) is 5.41 Å². The van der Waals surface area contributed by atoms with Crippen molar-refractivity contribution in [1.29, 1.82) is 0 Å². The van der Waals surface area contributed by atoms with Gasteiger partial charge in [0.25, 0.3) is 5.91 Å². The number of benzene rings is 2. The van der Waals surface area contributed by atoms with Gasteiger partial charge in [-0.05, 0) is 29.7 Å². The Balaban J connectivity index is 1.68. The number of rotatable bonds is 6. The molecule has 4 rings (SSSR count). The number of para-hydroxylation sites is 1. The molecule has 1 aliphatic heterocycles. The van der Waals surface area contributed by atoms with Crippen LogP contribution >= 0.6 is 23.2 Å². The molecule has 194 valence electrons. The zero-order chi connectivity index (χ0) is 26.9. The van der Waals surface area contributed by atoms with Crippen LogP contribution in [-0.2, 0) is 23.9 Å². The van der Waals surface area contributed by atoms with Crippen molar-refractivity contribution in [3.8, 4) is 5.75 Å². The average molecular weight is 545 g/mol. The van der Waals surface area contributed by atoms with E-state index in [0.717, 1.165) is 0 Å². The molecule has 1 aliphatic carbocycles. The van der Waals surface area contributed by atoms with E-state index in [-0.39, 0.29) is 40.7 Å². The van der Waals surface area contributed by atoms with E-state index in [0.29, 0.717) is 39.8 Å². The minimum absolute atomic E-state index is 0.00255. The van der Waals surface area contributed by atoms with E-state index in [4.69, 9.17) is 43.1 Å². The standard InChI is InChI=1S/C27H26Cl2N2O6/c1-27(2)11-18(32)23-20(12-27)37-25(30)24(26(34)35-3)22(23)15-6-4-5-7-19(15)36-13-21(33)31-17-9-8-14(28)10-16(17)29/h4-10,22H,11-13,30H2,1-3H3,(H,31,33). The Hall–Kier alpha value is -3.49. The summed E-state index contributed by atoms with van der Waals surface area (Å²) in [4.78, 5) is 38.8. The SMILES string of the molecule is COC(=O)C1=C(N)OC2=C(C(=O)CC(C)(C)C2)C1c1ccccc1OCC(=O)Nc1ccc(Cl)cc1Cl. The van der Waals surface area contributed by atoms with E-state index in [1.807, 2.05) is 13.8 Å². The zero-order valence-electron chi connectivity index (χ0n) is 20.5. The Bertz CT molecular complexity index is 1350. The summed E-state index contributed by atoms with van der Waals surface area (Å²) in [5, 5.41) is 3.39. The van der Waals surface area contributed by atoms with Crippen LogP contribution in [0.1, 0.15) is 38.2 Å². The first kappa shape index (κ1) is 26.6. The number of hydrogen-bond donors (Lipinski definition) is 2. The highest BCUT2D eigenvalue weighted by atomic mass is 35.5. The van der Waals surface area contributed by atoms with Gasteiger partial charge in [-0.15, -0.1) is 0 Å². The third-order valence-electron chi connectivity index (χ3n) is 6.15. The van der Waals surface area contributed by atoms with Crippen molar-refractivity contribution in [2.45, 2.75) is 32.6 Å². The number of halogens is 2. The first-order valence-corrected chi connectivity index (χ1v) is 12.2. The molecule has 0 fully saturated rings. The van der Waals surface area contributed by atoms with Gasteiger partial charge in [0.2, 0.25) is 5.88 Å². The summed E-state index contributed by atoms with van der Waals surface area (Å²) in [6.07, 6.45) is 0.736. The van der Waals surface area contributed by atoms with Gasteiger partial charge in [-0.2, -0.15) is 0 Å². The lowest BCUT2D eigenvalue weighted by atomic mass is 9.70. The van der Waals surface area contributed by atoms with Gasteiger partial charge in [-0.1, -0.05) is 55.2 Å². The molecule has 0 spiro atoms. The maximum Gasteiger partial charge on any atom is 0.340 e. The van der Waals surface area contributed by atoms with Gasteiger partial charge in [0, 0.05) is 29.0 Å². The molecule has 2 aromatic rings. The minimum atomic E-state index is -0.884. The van der Waals surface area contributed by atoms with Crippen LogP contribution < -0.4 is 15.8 Å². The summed E-state index contributed by atoms with van der Waals surface area (Å²) < 4.78 is 16.6. The molecule has 0 aromatic heterocycles. The predicted octanol–water partition coefficient (Wildman–Crippen LogP) is 5.11. The molecule has 1 amide bonds. The number of anilines is 1. The van der Waals surface area contributed by atoms with Gasteiger partial charge in [0.05, 0.1) is 23.7 Å². The lowest BCUT2D eigenvalue weighted by Crippen LogP contribution is -2.35. The average Bonchev–Trinajstić information content (AvgIpc) is 2.82. The Morgan fingerprint density at radius 2 is 1.89 bits per heavy atom. The van der Waals surface area contributed by atoms with Crippen molar-refractivity contribution in [1.82, 2.24) is 0 Å². The molecule has 2 aliphatic rings. The first-order valence-electron chi connectivity index (χ1n) is 11.5. The summed E-state index contributed by atoms with van der Waals surface area (Å²) >= 11 is 12.1. The van der Waals surface area contributed by atoms with E-state index in [1.54, 1.807) is 36.4 Å². The molecule has 1 atom stereocenters. The predicted molar refractivity (Wildman–Crippen MR) is 139 cm³/mol. The number of Topliss-reactive ketones (excluding diaryl/α,β-unsaturated/α-hetero) is 1. The van der Waals surface area contributed by atoms with Crippen LogP contribution in [0.3, 0.4) is 0 Å². The van der Waals surface area contributed by atoms with Gasteiger partial charge in [0.1, 0.15) is 17.1 Å². The third-order valence-corrected chi connectivity index (χ3v) is 6.70. The van der Waals surface area contributed by atoms with E-state index in [9.17, 15) is 14.4 Å². The number of nitrogens with two attached hydrogens (primary N) is 1. The highest BCUT2D eigenvalue weighted by molar-refractivity contribution is 6.36. The summed E-state index contributed by atoms with van der Waals surface area (Å²) in [6, 6.07) is 11.5. The first-order chi connectivity index (χ1) is 17.5. The quantitative estimate of drug-likeness (QED) is 0.485. The molecule has 8 nitrogen and oxygen atoms in total. The fourth-order valence-corrected chi connectivity index (χ4v) is 5.03. The number of ketones is 1. The summed E-state index contributed by atoms with van der Waals surface area (Å²) in [5.41, 5.74) is 7.06. The van der Waals surface area contributed by atoms with Gasteiger partial charge in [-0.3, -0.25) is 9.59 Å². The van der Waals surface area contributed by atoms with E-state index < -0.39 is 17.8 Å². The molecule has 0 radical (unpaired) electrons. The van der Waals surface area contributed by atoms with Crippen molar-refractivity contribution in [3.63, 3.8) is 0 Å². The van der Waals surface area contributed by atoms with Gasteiger partial charge < -0.3 is 25.3 Å². The van der Waals surface area contributed by atoms with Crippen molar-refractivity contribution >= 4 is 46.5 Å². The molecular weight excluding hydrogens is 519 g/mol. The smallest absolute Gasteiger partial charge is 0.340 e. The second-order valence-corrected chi connectivity index (χ2v) is 10.4. The highest BCUT2D eigenvalue weighted by Crippen LogP contribution is 2.49. The molecule has 10 heteroatoms. The Kier molecular flexibility index (Phi) is 7.52. The molecule has 1 heterocycles. The van der Waals surface area contributed by atoms with Crippen LogP contribution in [0.5, 0.6) is 5.75 Å². The minimum Gasteiger partial charge on any atom is -0.483 e. The normalized spacial score (nSPS) is 18.6. The highest BCUT2D eigenvalue weighted by Gasteiger charge is 2.45. The molecule has 0 saturated carbocycles. The lowest BCUT2D eigenvalue weighted by molar-refractivity contribution is -0.136. The molecule has 37 heavy (non-hydrogen) atoms.